The lowest BCUT2D eigenvalue weighted by Gasteiger charge is -2.15. The van der Waals surface area contributed by atoms with Crippen LogP contribution < -0.4 is 10.6 Å². The molecule has 3 rings (SSSR count). The van der Waals surface area contributed by atoms with E-state index < -0.39 is 0 Å². The molecular formula is C21H21ClN4O2. The maximum Gasteiger partial charge on any atom is 0.252 e. The summed E-state index contributed by atoms with van der Waals surface area (Å²) < 4.78 is 1.91. The third-order valence-electron chi connectivity index (χ3n) is 4.33. The zero-order valence-corrected chi connectivity index (χ0v) is 16.2. The highest BCUT2D eigenvalue weighted by Gasteiger charge is 2.12. The minimum absolute atomic E-state index is 0.134. The van der Waals surface area contributed by atoms with Crippen molar-refractivity contribution in [2.24, 2.45) is 0 Å². The number of rotatable bonds is 7. The van der Waals surface area contributed by atoms with Crippen LogP contribution in [0.15, 0.2) is 67.3 Å². The summed E-state index contributed by atoms with van der Waals surface area (Å²) in [6.07, 6.45) is 5.52. The molecule has 0 bridgehead atoms. The maximum absolute atomic E-state index is 12.2. The van der Waals surface area contributed by atoms with Gasteiger partial charge in [0.05, 0.1) is 23.0 Å². The van der Waals surface area contributed by atoms with Crippen molar-refractivity contribution in [3.63, 3.8) is 0 Å². The van der Waals surface area contributed by atoms with Gasteiger partial charge in [-0.25, -0.2) is 4.98 Å². The van der Waals surface area contributed by atoms with Gasteiger partial charge in [-0.1, -0.05) is 35.9 Å². The molecule has 0 saturated carbocycles. The van der Waals surface area contributed by atoms with E-state index in [-0.39, 0.29) is 30.8 Å². The van der Waals surface area contributed by atoms with Crippen molar-refractivity contribution in [1.29, 1.82) is 0 Å². The Morgan fingerprint density at radius 3 is 2.57 bits per heavy atom. The fraction of sp³-hybridized carbons (Fsp3) is 0.190. The Bertz CT molecular complexity index is 939. The first-order valence-corrected chi connectivity index (χ1v) is 9.33. The second-order valence-corrected chi connectivity index (χ2v) is 6.74. The van der Waals surface area contributed by atoms with Crippen molar-refractivity contribution in [1.82, 2.24) is 20.2 Å². The van der Waals surface area contributed by atoms with Crippen LogP contribution >= 0.6 is 11.6 Å². The second kappa shape index (κ2) is 9.19. The third kappa shape index (κ3) is 4.98. The molecule has 2 amide bonds. The number of nitrogens with one attached hydrogen (secondary N) is 2. The number of amides is 2. The molecule has 0 radical (unpaired) electrons. The number of hydrogen-bond donors (Lipinski definition) is 2. The van der Waals surface area contributed by atoms with Crippen LogP contribution in [0.1, 0.15) is 35.3 Å². The maximum atomic E-state index is 12.2. The molecule has 28 heavy (non-hydrogen) atoms. The highest BCUT2D eigenvalue weighted by Crippen LogP contribution is 2.16. The van der Waals surface area contributed by atoms with Crippen LogP contribution in [-0.2, 0) is 4.79 Å². The van der Waals surface area contributed by atoms with Gasteiger partial charge in [0, 0.05) is 31.0 Å². The van der Waals surface area contributed by atoms with Crippen LogP contribution in [0.2, 0.25) is 5.02 Å². The highest BCUT2D eigenvalue weighted by atomic mass is 35.5. The number of carbonyl (C=O) groups excluding carboxylic acids is 2. The first-order valence-electron chi connectivity index (χ1n) is 8.95. The Morgan fingerprint density at radius 1 is 1.14 bits per heavy atom. The molecule has 0 aliphatic rings. The van der Waals surface area contributed by atoms with Crippen LogP contribution in [0, 0.1) is 0 Å². The summed E-state index contributed by atoms with van der Waals surface area (Å²) in [6, 6.07) is 14.6. The molecule has 0 spiro atoms. The van der Waals surface area contributed by atoms with Gasteiger partial charge >= 0.3 is 0 Å². The average molecular weight is 397 g/mol. The molecule has 0 unspecified atom stereocenters. The van der Waals surface area contributed by atoms with E-state index in [1.807, 2.05) is 42.0 Å². The van der Waals surface area contributed by atoms with E-state index in [1.165, 1.54) is 0 Å². The van der Waals surface area contributed by atoms with Crippen molar-refractivity contribution in [2.75, 3.05) is 6.54 Å². The molecule has 6 nitrogen and oxygen atoms in total. The lowest BCUT2D eigenvalue weighted by molar-refractivity contribution is -0.121. The zero-order valence-electron chi connectivity index (χ0n) is 15.4. The number of halogens is 1. The predicted molar refractivity (Wildman–Crippen MR) is 109 cm³/mol. The summed E-state index contributed by atoms with van der Waals surface area (Å²) in [5.41, 5.74) is 2.40. The van der Waals surface area contributed by atoms with Crippen LogP contribution in [-0.4, -0.2) is 27.9 Å². The molecule has 3 aromatic rings. The molecule has 1 heterocycles. The third-order valence-corrected chi connectivity index (χ3v) is 4.66. The van der Waals surface area contributed by atoms with E-state index in [1.54, 1.807) is 36.8 Å². The van der Waals surface area contributed by atoms with E-state index in [4.69, 9.17) is 11.6 Å². The number of hydrogen-bond acceptors (Lipinski definition) is 3. The Hall–Kier alpha value is -3.12. The summed E-state index contributed by atoms with van der Waals surface area (Å²) in [7, 11) is 0. The zero-order chi connectivity index (χ0) is 19.9. The summed E-state index contributed by atoms with van der Waals surface area (Å²) in [5, 5.41) is 6.04. The SMILES string of the molecule is C[C@@H](NC(=O)CCNC(=O)c1ccccc1Cl)c1ccc(-n2ccnc2)cc1. The van der Waals surface area contributed by atoms with Crippen LogP contribution in [0.25, 0.3) is 5.69 Å². The lowest BCUT2D eigenvalue weighted by atomic mass is 10.1. The fourth-order valence-electron chi connectivity index (χ4n) is 2.77. The van der Waals surface area contributed by atoms with E-state index >= 15 is 0 Å². The minimum atomic E-state index is -0.290. The number of aromatic nitrogens is 2. The van der Waals surface area contributed by atoms with Gasteiger partial charge in [0.1, 0.15) is 0 Å². The number of benzene rings is 2. The molecule has 2 aromatic carbocycles. The van der Waals surface area contributed by atoms with Gasteiger partial charge < -0.3 is 15.2 Å². The summed E-state index contributed by atoms with van der Waals surface area (Å²) in [4.78, 5) is 28.3. The number of nitrogens with zero attached hydrogens (tertiary/aromatic N) is 2. The molecule has 1 atom stereocenters. The van der Waals surface area contributed by atoms with E-state index in [0.717, 1.165) is 11.3 Å². The van der Waals surface area contributed by atoms with Gasteiger partial charge in [-0.3, -0.25) is 9.59 Å². The lowest BCUT2D eigenvalue weighted by Crippen LogP contribution is -2.32. The molecular weight excluding hydrogens is 376 g/mol. The number of carbonyl (C=O) groups is 2. The van der Waals surface area contributed by atoms with Crippen LogP contribution in [0.5, 0.6) is 0 Å². The quantitative estimate of drug-likeness (QED) is 0.641. The van der Waals surface area contributed by atoms with Crippen molar-refractivity contribution in [2.45, 2.75) is 19.4 Å². The molecule has 2 N–H and O–H groups in total. The molecule has 0 saturated heterocycles. The Labute approximate surface area is 168 Å². The fourth-order valence-corrected chi connectivity index (χ4v) is 3.00. The summed E-state index contributed by atoms with van der Waals surface area (Å²) in [5.74, 6) is -0.424. The topological polar surface area (TPSA) is 76.0 Å². The summed E-state index contributed by atoms with van der Waals surface area (Å²) >= 11 is 6.00. The van der Waals surface area contributed by atoms with Crippen molar-refractivity contribution in [3.05, 3.63) is 83.4 Å². The van der Waals surface area contributed by atoms with Crippen molar-refractivity contribution < 1.29 is 9.59 Å². The van der Waals surface area contributed by atoms with Gasteiger partial charge in [-0.15, -0.1) is 0 Å². The number of imidazole rings is 1. The predicted octanol–water partition coefficient (Wildman–Crippen LogP) is 3.52. The van der Waals surface area contributed by atoms with Crippen molar-refractivity contribution >= 4 is 23.4 Å². The molecule has 0 fully saturated rings. The standard InChI is InChI=1S/C21H21ClN4O2/c1-15(16-6-8-17(9-7-16)26-13-12-23-14-26)25-20(27)10-11-24-21(28)18-4-2-3-5-19(18)22/h2-9,12-15H,10-11H2,1H3,(H,24,28)(H,25,27)/t15-/m1/s1. The van der Waals surface area contributed by atoms with Crippen LogP contribution in [0.4, 0.5) is 0 Å². The molecule has 0 aliphatic carbocycles. The van der Waals surface area contributed by atoms with Gasteiger partial charge in [0.15, 0.2) is 0 Å². The Balaban J connectivity index is 1.46. The van der Waals surface area contributed by atoms with E-state index in [0.29, 0.717) is 10.6 Å². The first-order chi connectivity index (χ1) is 13.5. The van der Waals surface area contributed by atoms with Gasteiger partial charge in [-0.05, 0) is 36.8 Å². The molecule has 0 aliphatic heterocycles. The molecule has 1 aromatic heterocycles. The smallest absolute Gasteiger partial charge is 0.252 e. The normalized spacial score (nSPS) is 11.6. The van der Waals surface area contributed by atoms with Crippen LogP contribution in [0.3, 0.4) is 0 Å². The van der Waals surface area contributed by atoms with Gasteiger partial charge in [-0.2, -0.15) is 0 Å². The van der Waals surface area contributed by atoms with Crippen molar-refractivity contribution in [3.8, 4) is 5.69 Å². The van der Waals surface area contributed by atoms with E-state index in [9.17, 15) is 9.59 Å². The van der Waals surface area contributed by atoms with Gasteiger partial charge in [0.2, 0.25) is 5.91 Å². The average Bonchev–Trinajstić information content (AvgIpc) is 3.23. The van der Waals surface area contributed by atoms with E-state index in [2.05, 4.69) is 15.6 Å². The Kier molecular flexibility index (Phi) is 6.45. The summed E-state index contributed by atoms with van der Waals surface area (Å²) in [6.45, 7) is 2.16. The van der Waals surface area contributed by atoms with Gasteiger partial charge in [0.25, 0.3) is 5.91 Å². The highest BCUT2D eigenvalue weighted by molar-refractivity contribution is 6.33. The molecule has 144 valence electrons. The first kappa shape index (κ1) is 19.6. The minimum Gasteiger partial charge on any atom is -0.351 e. The Morgan fingerprint density at radius 2 is 1.89 bits per heavy atom. The second-order valence-electron chi connectivity index (χ2n) is 6.34. The molecule has 7 heteroatoms. The largest absolute Gasteiger partial charge is 0.351 e. The monoisotopic (exact) mass is 396 g/mol.